The van der Waals surface area contributed by atoms with Gasteiger partial charge in [-0.05, 0) is 254 Å². The Morgan fingerprint density at radius 2 is 0.717 bits per heavy atom. The molecule has 0 atom stereocenters. The molecule has 113 heavy (non-hydrogen) atoms. The van der Waals surface area contributed by atoms with Crippen LogP contribution in [0.5, 0.6) is 11.5 Å². The Bertz CT molecular complexity index is 4160. The number of ether oxygens (including phenoxy) is 2. The second-order valence-corrected chi connectivity index (χ2v) is 47.2. The first kappa shape index (κ1) is 94.0. The van der Waals surface area contributed by atoms with Crippen molar-refractivity contribution in [2.45, 2.75) is 233 Å². The Labute approximate surface area is 697 Å². The molecule has 0 N–H and O–H groups in total. The average molecular weight is 1670 g/mol. The molecule has 0 spiro atoms. The van der Waals surface area contributed by atoms with Crippen molar-refractivity contribution in [1.82, 2.24) is 0 Å². The van der Waals surface area contributed by atoms with Crippen LogP contribution in [0, 0.1) is 45.4 Å². The Balaban J connectivity index is 0.000000207. The minimum atomic E-state index is -5.73. The van der Waals surface area contributed by atoms with Gasteiger partial charge in [-0.15, -0.1) is 0 Å². The third kappa shape index (κ3) is 29.5. The Hall–Kier alpha value is -6.11. The molecule has 6 nitrogen and oxygen atoms in total. The molecular formula is C97H129F3O6S7+6. The van der Waals surface area contributed by atoms with Gasteiger partial charge in [0.25, 0.3) is 0 Å². The summed E-state index contributed by atoms with van der Waals surface area (Å²) in [6.07, 6.45) is 29.0. The van der Waals surface area contributed by atoms with Gasteiger partial charge in [0.1, 0.15) is 53.1 Å². The highest BCUT2D eigenvalue weighted by atomic mass is 32.2. The molecule has 0 aromatic heterocycles. The van der Waals surface area contributed by atoms with Crippen molar-refractivity contribution in [3.8, 4) is 11.5 Å². The van der Waals surface area contributed by atoms with Crippen LogP contribution in [-0.2, 0) is 95.8 Å². The summed E-state index contributed by atoms with van der Waals surface area (Å²) in [6, 6.07) is 77.4. The molecule has 0 radical (unpaired) electrons. The molecule has 16 heteroatoms. The predicted molar refractivity (Wildman–Crippen MR) is 486 cm³/mol. The van der Waals surface area contributed by atoms with Gasteiger partial charge >= 0.3 is 21.6 Å². The second-order valence-electron chi connectivity index (χ2n) is 32.7. The van der Waals surface area contributed by atoms with Gasteiger partial charge in [0.15, 0.2) is 50.7 Å². The van der Waals surface area contributed by atoms with Crippen molar-refractivity contribution in [2.24, 2.45) is 17.8 Å². The number of esters is 1. The van der Waals surface area contributed by atoms with Crippen LogP contribution in [0.3, 0.4) is 0 Å². The first-order valence-corrected chi connectivity index (χ1v) is 51.7. The first-order valence-electron chi connectivity index (χ1n) is 39.9. The van der Waals surface area contributed by atoms with Crippen LogP contribution in [0.1, 0.15) is 173 Å². The number of carbonyl (C=O) groups is 1. The monoisotopic (exact) mass is 1670 g/mol. The fourth-order valence-electron chi connectivity index (χ4n) is 14.7. The van der Waals surface area contributed by atoms with Crippen molar-refractivity contribution in [3.63, 3.8) is 0 Å². The van der Waals surface area contributed by atoms with Crippen molar-refractivity contribution < 1.29 is 40.0 Å². The van der Waals surface area contributed by atoms with E-state index in [9.17, 15) is 26.4 Å². The van der Waals surface area contributed by atoms with Gasteiger partial charge in [0.2, 0.25) is 0 Å². The van der Waals surface area contributed by atoms with Gasteiger partial charge in [0, 0.05) is 35.2 Å². The summed E-state index contributed by atoms with van der Waals surface area (Å²) in [5.41, 5.74) is 0.278. The number of halogens is 3. The van der Waals surface area contributed by atoms with E-state index in [0.717, 1.165) is 79.5 Å². The van der Waals surface area contributed by atoms with Gasteiger partial charge < -0.3 is 13.7 Å². The number of carbonyl (C=O) groups excluding carboxylic acids is 1. The highest BCUT2D eigenvalue weighted by Gasteiger charge is 2.53. The van der Waals surface area contributed by atoms with Crippen molar-refractivity contribution in [3.05, 3.63) is 258 Å². The molecule has 4 saturated carbocycles. The molecule has 4 aliphatic rings. The summed E-state index contributed by atoms with van der Waals surface area (Å²) in [4.78, 5) is 24.0. The molecule has 9 aromatic carbocycles. The van der Waals surface area contributed by atoms with E-state index in [1.54, 1.807) is 12.1 Å². The lowest BCUT2D eigenvalue weighted by molar-refractivity contribution is -0.188. The van der Waals surface area contributed by atoms with Crippen molar-refractivity contribution in [2.75, 3.05) is 61.4 Å². The molecule has 0 heterocycles. The van der Waals surface area contributed by atoms with Crippen LogP contribution >= 0.6 is 0 Å². The standard InChI is InChI=1S/C32H35O3S.C21H18F3O3S2.C21H29S.C12H27S.C8H11S.C3H9S/c1-22-13-29(36(27-9-5-3-6-10-27)28-11-7-4-8-12-28)14-23(2)31(22)34-21-30(33)35-32-18-24-15-25(19-32)17-26(16-24)20-32;1-15-13-19(14-16(2)20(15)27-29(25,26)21(22,23)24)28(17-9-5-3-6-10-17)18-11-7-4-8-12-18;1-20(2,3)16-8-12-18(13-9-16)22(7)19-14-10-17(11-15-19)21(4,5)6;1-4-7-10-13(11-8-5-2)12-9-6-3;1-9(2)8-6-4-3-5-7-8;1-4(2)3/h3-14,24-26H,15-21H2,1-2H3;3-14H,1-2H3;8-15H,1-7H3;4-12H2,1-3H3;3-7H,1-2H3;1-3H3/q6*+1. The zero-order valence-electron chi connectivity index (χ0n) is 70.8. The van der Waals surface area contributed by atoms with E-state index < -0.39 is 26.5 Å². The van der Waals surface area contributed by atoms with Crippen LogP contribution < -0.4 is 8.92 Å². The predicted octanol–water partition coefficient (Wildman–Crippen LogP) is 25.3. The fourth-order valence-corrected chi connectivity index (χ4v) is 24.5. The smallest absolute Gasteiger partial charge is 0.481 e. The van der Waals surface area contributed by atoms with Crippen LogP contribution in [0.25, 0.3) is 0 Å². The van der Waals surface area contributed by atoms with E-state index >= 15 is 0 Å². The maximum absolute atomic E-state index is 12.9. The molecule has 0 aliphatic heterocycles. The zero-order chi connectivity index (χ0) is 82.7. The summed E-state index contributed by atoms with van der Waals surface area (Å²) in [5, 5.41) is 0. The first-order chi connectivity index (χ1) is 53.5. The van der Waals surface area contributed by atoms with Crippen LogP contribution in [0.2, 0.25) is 0 Å². The van der Waals surface area contributed by atoms with E-state index in [2.05, 4.69) is 270 Å². The molecular weight excluding hydrogens is 1540 g/mol. The van der Waals surface area contributed by atoms with E-state index in [0.29, 0.717) is 32.9 Å². The maximum atomic E-state index is 12.9. The summed E-state index contributed by atoms with van der Waals surface area (Å²) >= 11 is 0. The Morgan fingerprint density at radius 1 is 0.425 bits per heavy atom. The molecule has 0 amide bonds. The third-order valence-electron chi connectivity index (χ3n) is 20.1. The summed E-state index contributed by atoms with van der Waals surface area (Å²) in [7, 11) is -4.48. The Morgan fingerprint density at radius 3 is 0.982 bits per heavy atom. The number of rotatable bonds is 24. The maximum Gasteiger partial charge on any atom is 0.534 e. The summed E-state index contributed by atoms with van der Waals surface area (Å²) < 4.78 is 77.8. The SMILES string of the molecule is CCCC[S+](CCCC)CCCC.C[S+](C)C.C[S+](C)c1ccccc1.C[S+](c1ccc(C(C)(C)C)cc1)c1ccc(C(C)(C)C)cc1.Cc1cc([S+](c2ccccc2)c2ccccc2)cc(C)c1OCC(=O)OC12CC3CC(CC(C3)C1)C2.Cc1cc([S+](c2ccccc2)c2ccccc2)cc(C)c1OS(=O)(=O)C(F)(F)F. The van der Waals surface area contributed by atoms with Gasteiger partial charge in [0.05, 0.1) is 51.5 Å². The number of hydrogen-bond acceptors (Lipinski definition) is 6. The normalized spacial score (nSPS) is 16.4. The van der Waals surface area contributed by atoms with Gasteiger partial charge in [-0.2, -0.15) is 21.6 Å². The summed E-state index contributed by atoms with van der Waals surface area (Å²) in [5.74, 6) is 7.08. The van der Waals surface area contributed by atoms with E-state index in [1.807, 2.05) is 60.7 Å². The van der Waals surface area contributed by atoms with Crippen molar-refractivity contribution >= 4 is 81.5 Å². The van der Waals surface area contributed by atoms with E-state index in [4.69, 9.17) is 9.47 Å². The summed E-state index contributed by atoms with van der Waals surface area (Å²) in [6.45, 7) is 27.7. The minimum absolute atomic E-state index is 0.0220. The number of unbranched alkanes of at least 4 members (excludes halogenated alkanes) is 3. The largest absolute Gasteiger partial charge is 0.534 e. The molecule has 0 unspecified atom stereocenters. The highest BCUT2D eigenvalue weighted by molar-refractivity contribution is 7.98. The fraction of sp³-hybridized carbons (Fsp3) is 0.433. The van der Waals surface area contributed by atoms with E-state index in [-0.39, 0.29) is 56.5 Å². The number of aryl methyl sites for hydroxylation is 4. The number of hydrogen-bond donors (Lipinski definition) is 0. The number of alkyl halides is 3. The topological polar surface area (TPSA) is 78.9 Å². The molecule has 13 rings (SSSR count). The van der Waals surface area contributed by atoms with Crippen LogP contribution in [-0.4, -0.2) is 86.9 Å². The van der Waals surface area contributed by atoms with Crippen molar-refractivity contribution in [1.29, 1.82) is 0 Å². The lowest BCUT2D eigenvalue weighted by atomic mass is 9.54. The molecule has 4 fully saturated rings. The lowest BCUT2D eigenvalue weighted by Crippen LogP contribution is -2.53. The second kappa shape index (κ2) is 45.0. The minimum Gasteiger partial charge on any atom is -0.481 e. The molecule has 610 valence electrons. The third-order valence-corrected chi connectivity index (χ3v) is 31.2. The molecule has 4 bridgehead atoms. The Kier molecular flexibility index (Phi) is 37.5. The highest BCUT2D eigenvalue weighted by Crippen LogP contribution is 2.57. The van der Waals surface area contributed by atoms with E-state index in [1.165, 1.54) is 129 Å². The zero-order valence-corrected chi connectivity index (χ0v) is 76.6. The quantitative estimate of drug-likeness (QED) is 0.0260. The average Bonchev–Trinajstić information content (AvgIpc) is 0.747. The van der Waals surface area contributed by atoms with Crippen LogP contribution in [0.15, 0.2) is 269 Å². The molecule has 9 aromatic rings. The van der Waals surface area contributed by atoms with Gasteiger partial charge in [-0.3, -0.25) is 0 Å². The number of benzene rings is 9. The van der Waals surface area contributed by atoms with Gasteiger partial charge in [-0.1, -0.05) is 197 Å². The lowest BCUT2D eigenvalue weighted by Gasteiger charge is -2.55. The molecule has 4 aliphatic carbocycles. The van der Waals surface area contributed by atoms with Gasteiger partial charge in [-0.25, -0.2) is 4.79 Å². The molecule has 0 saturated heterocycles. The van der Waals surface area contributed by atoms with Crippen LogP contribution in [0.4, 0.5) is 13.2 Å².